The van der Waals surface area contributed by atoms with Gasteiger partial charge in [-0.25, -0.2) is 0 Å². The van der Waals surface area contributed by atoms with E-state index in [-0.39, 0.29) is 5.91 Å². The fraction of sp³-hybridized carbons (Fsp3) is 0.440. The molecule has 170 valence electrons. The third-order valence-electron chi connectivity index (χ3n) is 6.23. The lowest BCUT2D eigenvalue weighted by Gasteiger charge is -2.22. The van der Waals surface area contributed by atoms with Crippen LogP contribution in [0.1, 0.15) is 30.4 Å². The molecule has 1 atom stereocenters. The number of aliphatic imine (C=N–C) groups is 1. The molecular weight excluding hydrogens is 402 g/mol. The Hall–Kier alpha value is -3.22. The molecule has 0 bridgehead atoms. The van der Waals surface area contributed by atoms with Crippen molar-refractivity contribution in [2.45, 2.75) is 38.4 Å². The third kappa shape index (κ3) is 5.15. The third-order valence-corrected chi connectivity index (χ3v) is 6.23. The van der Waals surface area contributed by atoms with Crippen LogP contribution in [-0.2, 0) is 17.9 Å². The number of nitrogens with one attached hydrogen (secondary N) is 2. The first-order valence-corrected chi connectivity index (χ1v) is 11.4. The van der Waals surface area contributed by atoms with E-state index >= 15 is 0 Å². The molecule has 0 radical (unpaired) electrons. The average Bonchev–Trinajstić information content (AvgIpc) is 3.48. The van der Waals surface area contributed by atoms with E-state index in [1.54, 1.807) is 14.2 Å². The van der Waals surface area contributed by atoms with Gasteiger partial charge in [-0.15, -0.1) is 0 Å². The topological polar surface area (TPSA) is 69.2 Å². The van der Waals surface area contributed by atoms with Crippen molar-refractivity contribution in [2.24, 2.45) is 4.99 Å². The van der Waals surface area contributed by atoms with E-state index in [9.17, 15) is 4.79 Å². The van der Waals surface area contributed by atoms with Crippen LogP contribution in [0.15, 0.2) is 53.5 Å². The van der Waals surface area contributed by atoms with Crippen LogP contribution in [0.5, 0.6) is 5.75 Å². The molecule has 7 nitrogen and oxygen atoms in total. The van der Waals surface area contributed by atoms with E-state index < -0.39 is 0 Å². The largest absolute Gasteiger partial charge is 0.495 e. The van der Waals surface area contributed by atoms with Gasteiger partial charge >= 0.3 is 0 Å². The van der Waals surface area contributed by atoms with E-state index in [0.717, 1.165) is 63.0 Å². The maximum absolute atomic E-state index is 12.6. The molecule has 1 saturated heterocycles. The van der Waals surface area contributed by atoms with Crippen LogP contribution in [0.25, 0.3) is 0 Å². The van der Waals surface area contributed by atoms with Gasteiger partial charge in [0, 0.05) is 52.2 Å². The van der Waals surface area contributed by atoms with Crippen molar-refractivity contribution in [3.05, 3.63) is 59.7 Å². The zero-order valence-corrected chi connectivity index (χ0v) is 19.0. The number of carbonyl (C=O) groups is 1. The highest BCUT2D eigenvalue weighted by molar-refractivity contribution is 5.80. The number of methoxy groups -OCH3 is 1. The molecule has 0 aliphatic carbocycles. The maximum Gasteiger partial charge on any atom is 0.223 e. The minimum absolute atomic E-state index is 0.217. The van der Waals surface area contributed by atoms with Gasteiger partial charge < -0.3 is 25.2 Å². The van der Waals surface area contributed by atoms with Crippen molar-refractivity contribution in [2.75, 3.05) is 38.7 Å². The molecule has 2 N–H and O–H groups in total. The second kappa shape index (κ2) is 10.4. The lowest BCUT2D eigenvalue weighted by atomic mass is 10.1. The van der Waals surface area contributed by atoms with Crippen LogP contribution in [-0.4, -0.2) is 56.6 Å². The summed E-state index contributed by atoms with van der Waals surface area (Å²) in [5.74, 6) is 1.91. The summed E-state index contributed by atoms with van der Waals surface area (Å²) < 4.78 is 5.51. The standard InChI is InChI=1S/C25H33N5O2/c1-26-25(28-21-13-15-29(18-21)22-10-5-6-11-23(22)32-2)27-14-7-12-24(31)30-16-19-8-3-4-9-20(19)17-30/h3-6,8-11,21H,7,12-18H2,1-2H3,(H2,26,27,28). The highest BCUT2D eigenvalue weighted by Crippen LogP contribution is 2.30. The molecule has 2 aromatic rings. The number of rotatable bonds is 7. The number of benzene rings is 2. The normalized spacial score (nSPS) is 17.9. The zero-order chi connectivity index (χ0) is 22.3. The molecule has 2 aliphatic rings. The second-order valence-electron chi connectivity index (χ2n) is 8.37. The van der Waals surface area contributed by atoms with E-state index in [4.69, 9.17) is 4.74 Å². The minimum atomic E-state index is 0.217. The molecule has 4 rings (SSSR count). The Morgan fingerprint density at radius 3 is 2.56 bits per heavy atom. The number of guanidine groups is 1. The summed E-state index contributed by atoms with van der Waals surface area (Å²) in [6, 6.07) is 16.7. The summed E-state index contributed by atoms with van der Waals surface area (Å²) in [6.45, 7) is 4.05. The number of carbonyl (C=O) groups excluding carboxylic acids is 1. The molecule has 7 heteroatoms. The number of anilines is 1. The Morgan fingerprint density at radius 1 is 1.12 bits per heavy atom. The van der Waals surface area contributed by atoms with Crippen LogP contribution in [0.4, 0.5) is 5.69 Å². The fourth-order valence-electron chi connectivity index (χ4n) is 4.49. The van der Waals surface area contributed by atoms with Gasteiger partial charge in [0.15, 0.2) is 5.96 Å². The predicted molar refractivity (Wildman–Crippen MR) is 128 cm³/mol. The van der Waals surface area contributed by atoms with E-state index in [0.29, 0.717) is 12.5 Å². The summed E-state index contributed by atoms with van der Waals surface area (Å²) in [7, 11) is 3.50. The Morgan fingerprint density at radius 2 is 1.84 bits per heavy atom. The Labute approximate surface area is 190 Å². The van der Waals surface area contributed by atoms with Gasteiger partial charge in [-0.2, -0.15) is 0 Å². The van der Waals surface area contributed by atoms with E-state index in [2.05, 4.69) is 38.7 Å². The first kappa shape index (κ1) is 22.0. The second-order valence-corrected chi connectivity index (χ2v) is 8.37. The monoisotopic (exact) mass is 435 g/mol. The Kier molecular flexibility index (Phi) is 7.14. The SMILES string of the molecule is CN=C(NCCCC(=O)N1Cc2ccccc2C1)NC1CCN(c2ccccc2OC)C1. The quantitative estimate of drug-likeness (QED) is 0.398. The van der Waals surface area contributed by atoms with Gasteiger partial charge in [-0.05, 0) is 36.1 Å². The first-order valence-electron chi connectivity index (χ1n) is 11.4. The lowest BCUT2D eigenvalue weighted by Crippen LogP contribution is -2.45. The number of ether oxygens (including phenoxy) is 1. The summed E-state index contributed by atoms with van der Waals surface area (Å²) in [6.07, 6.45) is 2.36. The van der Waals surface area contributed by atoms with Crippen molar-refractivity contribution in [1.82, 2.24) is 15.5 Å². The molecule has 0 saturated carbocycles. The summed E-state index contributed by atoms with van der Waals surface area (Å²) in [5, 5.41) is 6.88. The number of fused-ring (bicyclic) bond motifs is 1. The van der Waals surface area contributed by atoms with Gasteiger partial charge in [0.2, 0.25) is 5.91 Å². The van der Waals surface area contributed by atoms with Gasteiger partial charge in [-0.3, -0.25) is 9.79 Å². The maximum atomic E-state index is 12.6. The Balaban J connectivity index is 1.18. The van der Waals surface area contributed by atoms with E-state index in [1.165, 1.54) is 11.1 Å². The lowest BCUT2D eigenvalue weighted by molar-refractivity contribution is -0.131. The van der Waals surface area contributed by atoms with Gasteiger partial charge in [0.05, 0.1) is 12.8 Å². The van der Waals surface area contributed by atoms with Crippen LogP contribution in [0.3, 0.4) is 0 Å². The van der Waals surface area contributed by atoms with Crippen molar-refractivity contribution >= 4 is 17.6 Å². The summed E-state index contributed by atoms with van der Waals surface area (Å²) >= 11 is 0. The van der Waals surface area contributed by atoms with Crippen molar-refractivity contribution in [1.29, 1.82) is 0 Å². The molecule has 2 aromatic carbocycles. The number of hydrogen-bond acceptors (Lipinski definition) is 4. The molecule has 1 amide bonds. The molecule has 32 heavy (non-hydrogen) atoms. The number of nitrogens with zero attached hydrogens (tertiary/aromatic N) is 3. The molecule has 1 fully saturated rings. The van der Waals surface area contributed by atoms with E-state index in [1.807, 2.05) is 35.2 Å². The van der Waals surface area contributed by atoms with Crippen molar-refractivity contribution < 1.29 is 9.53 Å². The zero-order valence-electron chi connectivity index (χ0n) is 19.0. The van der Waals surface area contributed by atoms with Crippen molar-refractivity contribution in [3.63, 3.8) is 0 Å². The molecule has 0 spiro atoms. The average molecular weight is 436 g/mol. The smallest absolute Gasteiger partial charge is 0.223 e. The highest BCUT2D eigenvalue weighted by Gasteiger charge is 2.25. The minimum Gasteiger partial charge on any atom is -0.495 e. The summed E-state index contributed by atoms with van der Waals surface area (Å²) in [5.41, 5.74) is 3.66. The molecule has 0 aromatic heterocycles. The first-order chi connectivity index (χ1) is 15.7. The van der Waals surface area contributed by atoms with Gasteiger partial charge in [0.25, 0.3) is 0 Å². The molecule has 1 unspecified atom stereocenters. The highest BCUT2D eigenvalue weighted by atomic mass is 16.5. The number of hydrogen-bond donors (Lipinski definition) is 2. The van der Waals surface area contributed by atoms with Gasteiger partial charge in [0.1, 0.15) is 5.75 Å². The molecule has 2 heterocycles. The van der Waals surface area contributed by atoms with Crippen LogP contribution >= 0.6 is 0 Å². The van der Waals surface area contributed by atoms with Gasteiger partial charge in [-0.1, -0.05) is 36.4 Å². The fourth-order valence-corrected chi connectivity index (χ4v) is 4.49. The number of para-hydroxylation sites is 2. The number of amides is 1. The molecular formula is C25H33N5O2. The molecule has 2 aliphatic heterocycles. The Bertz CT molecular complexity index is 936. The van der Waals surface area contributed by atoms with Crippen molar-refractivity contribution in [3.8, 4) is 5.75 Å². The van der Waals surface area contributed by atoms with Crippen LogP contribution in [0, 0.1) is 0 Å². The van der Waals surface area contributed by atoms with Crippen LogP contribution < -0.4 is 20.3 Å². The summed E-state index contributed by atoms with van der Waals surface area (Å²) in [4.78, 5) is 21.2. The predicted octanol–water partition coefficient (Wildman–Crippen LogP) is 2.76. The van der Waals surface area contributed by atoms with Crippen LogP contribution in [0.2, 0.25) is 0 Å².